The van der Waals surface area contributed by atoms with Crippen LogP contribution in [0, 0.1) is 6.92 Å². The van der Waals surface area contributed by atoms with Crippen LogP contribution >= 0.6 is 27.5 Å². The number of halogens is 2. The maximum absolute atomic E-state index is 10.9. The van der Waals surface area contributed by atoms with Crippen molar-refractivity contribution in [3.05, 3.63) is 69.7 Å². The lowest BCUT2D eigenvalue weighted by molar-refractivity contribution is -0.107. The van der Waals surface area contributed by atoms with Crippen LogP contribution < -0.4 is 4.74 Å². The predicted molar refractivity (Wildman–Crippen MR) is 89.5 cm³/mol. The Balaban J connectivity index is 2.15. The fourth-order valence-corrected chi connectivity index (χ4v) is 2.22. The lowest BCUT2D eigenvalue weighted by atomic mass is 10.1. The third-order valence-corrected chi connectivity index (χ3v) is 3.50. The number of benzene rings is 2. The van der Waals surface area contributed by atoms with Crippen LogP contribution in [-0.2, 0) is 11.4 Å². The zero-order valence-electron chi connectivity index (χ0n) is 11.5. The summed E-state index contributed by atoms with van der Waals surface area (Å²) in [5, 5.41) is -0.514. The second kappa shape index (κ2) is 7.43. The first-order valence-corrected chi connectivity index (χ1v) is 7.57. The second-order valence-electron chi connectivity index (χ2n) is 4.59. The van der Waals surface area contributed by atoms with Crippen molar-refractivity contribution in [1.82, 2.24) is 0 Å². The third-order valence-electron chi connectivity index (χ3n) is 2.88. The molecule has 0 unspecified atom stereocenters. The lowest BCUT2D eigenvalue weighted by Gasteiger charge is -2.10. The van der Waals surface area contributed by atoms with E-state index in [1.807, 2.05) is 49.4 Å². The van der Waals surface area contributed by atoms with Crippen LogP contribution in [0.2, 0.25) is 0 Å². The molecule has 0 radical (unpaired) electrons. The summed E-state index contributed by atoms with van der Waals surface area (Å²) in [5.41, 5.74) is 3.10. The van der Waals surface area contributed by atoms with Crippen LogP contribution in [0.15, 0.2) is 53.0 Å². The molecule has 0 N–H and O–H groups in total. The Morgan fingerprint density at radius 3 is 2.62 bits per heavy atom. The van der Waals surface area contributed by atoms with Gasteiger partial charge >= 0.3 is 0 Å². The van der Waals surface area contributed by atoms with Gasteiger partial charge in [-0.15, -0.1) is 0 Å². The van der Waals surface area contributed by atoms with Gasteiger partial charge in [0.25, 0.3) is 0 Å². The summed E-state index contributed by atoms with van der Waals surface area (Å²) in [6.45, 7) is 2.52. The molecular formula is C17H14BrClO2. The highest BCUT2D eigenvalue weighted by Gasteiger charge is 2.03. The Bertz CT molecular complexity index is 663. The first-order valence-electron chi connectivity index (χ1n) is 6.40. The number of carbonyl (C=O) groups is 1. The molecule has 0 heterocycles. The van der Waals surface area contributed by atoms with E-state index < -0.39 is 5.24 Å². The van der Waals surface area contributed by atoms with Crippen molar-refractivity contribution >= 4 is 38.8 Å². The molecule has 0 atom stereocenters. The molecule has 0 aliphatic rings. The minimum absolute atomic E-state index is 0.470. The van der Waals surface area contributed by atoms with Crippen molar-refractivity contribution in [2.24, 2.45) is 0 Å². The molecule has 2 nitrogen and oxygen atoms in total. The standard InChI is InChI=1S/C17H14BrClO2/c1-12-2-4-13(5-3-12)11-21-16-8-7-15(18)10-14(16)6-9-17(19)20/h2-10H,11H2,1H3/b9-6+. The number of allylic oxidation sites excluding steroid dienone is 1. The van der Waals surface area contributed by atoms with Gasteiger partial charge < -0.3 is 4.74 Å². The van der Waals surface area contributed by atoms with Crippen LogP contribution in [0.4, 0.5) is 0 Å². The van der Waals surface area contributed by atoms with E-state index in [0.29, 0.717) is 12.4 Å². The molecule has 0 fully saturated rings. The molecule has 2 aromatic carbocycles. The molecule has 0 saturated heterocycles. The summed E-state index contributed by atoms with van der Waals surface area (Å²) in [4.78, 5) is 10.9. The summed E-state index contributed by atoms with van der Waals surface area (Å²) in [5.74, 6) is 0.702. The Labute approximate surface area is 137 Å². The highest BCUT2D eigenvalue weighted by Crippen LogP contribution is 2.25. The quantitative estimate of drug-likeness (QED) is 0.543. The van der Waals surface area contributed by atoms with Gasteiger partial charge in [0, 0.05) is 10.0 Å². The highest BCUT2D eigenvalue weighted by atomic mass is 79.9. The zero-order chi connectivity index (χ0) is 15.2. The Morgan fingerprint density at radius 2 is 1.95 bits per heavy atom. The minimum Gasteiger partial charge on any atom is -0.488 e. The molecule has 0 aromatic heterocycles. The smallest absolute Gasteiger partial charge is 0.245 e. The molecule has 0 spiro atoms. The van der Waals surface area contributed by atoms with Gasteiger partial charge in [-0.05, 0) is 54.4 Å². The molecule has 0 amide bonds. The molecule has 0 aliphatic carbocycles. The molecule has 0 bridgehead atoms. The van der Waals surface area contributed by atoms with E-state index in [-0.39, 0.29) is 0 Å². The van der Waals surface area contributed by atoms with Crippen LogP contribution in [0.25, 0.3) is 6.08 Å². The first kappa shape index (κ1) is 15.8. The Morgan fingerprint density at radius 1 is 1.24 bits per heavy atom. The van der Waals surface area contributed by atoms with E-state index in [1.165, 1.54) is 11.6 Å². The van der Waals surface area contributed by atoms with Crippen molar-refractivity contribution in [1.29, 1.82) is 0 Å². The molecule has 0 saturated carbocycles. The topological polar surface area (TPSA) is 26.3 Å². The lowest BCUT2D eigenvalue weighted by Crippen LogP contribution is -1.97. The van der Waals surface area contributed by atoms with Gasteiger partial charge in [0.15, 0.2) is 0 Å². The van der Waals surface area contributed by atoms with Gasteiger partial charge in [0.1, 0.15) is 12.4 Å². The largest absolute Gasteiger partial charge is 0.488 e. The fourth-order valence-electron chi connectivity index (χ4n) is 1.78. The number of carbonyl (C=O) groups excluding carboxylic acids is 1. The third kappa shape index (κ3) is 5.03. The van der Waals surface area contributed by atoms with Gasteiger partial charge in [0.05, 0.1) is 0 Å². The van der Waals surface area contributed by atoms with Crippen molar-refractivity contribution in [3.63, 3.8) is 0 Å². The Kier molecular flexibility index (Phi) is 5.59. The summed E-state index contributed by atoms with van der Waals surface area (Å²) in [6.07, 6.45) is 2.95. The van der Waals surface area contributed by atoms with Crippen LogP contribution in [0.1, 0.15) is 16.7 Å². The molecule has 2 rings (SSSR count). The van der Waals surface area contributed by atoms with Crippen molar-refractivity contribution < 1.29 is 9.53 Å². The normalized spacial score (nSPS) is 10.8. The maximum atomic E-state index is 10.9. The number of hydrogen-bond donors (Lipinski definition) is 0. The molecule has 108 valence electrons. The Hall–Kier alpha value is -1.58. The van der Waals surface area contributed by atoms with Crippen LogP contribution in [-0.4, -0.2) is 5.24 Å². The summed E-state index contributed by atoms with van der Waals surface area (Å²) in [7, 11) is 0. The maximum Gasteiger partial charge on any atom is 0.245 e. The molecule has 4 heteroatoms. The van der Waals surface area contributed by atoms with E-state index in [9.17, 15) is 4.79 Å². The first-order chi connectivity index (χ1) is 10.0. The van der Waals surface area contributed by atoms with E-state index in [4.69, 9.17) is 16.3 Å². The van der Waals surface area contributed by atoms with Gasteiger partial charge in [-0.2, -0.15) is 0 Å². The van der Waals surface area contributed by atoms with Gasteiger partial charge in [0.2, 0.25) is 5.24 Å². The number of ether oxygens (including phenoxy) is 1. The van der Waals surface area contributed by atoms with Crippen LogP contribution in [0.5, 0.6) is 5.75 Å². The molecule has 21 heavy (non-hydrogen) atoms. The predicted octanol–water partition coefficient (Wildman–Crippen LogP) is 5.12. The van der Waals surface area contributed by atoms with Gasteiger partial charge in [-0.3, -0.25) is 4.79 Å². The number of aryl methyl sites for hydroxylation is 1. The van der Waals surface area contributed by atoms with E-state index in [1.54, 1.807) is 6.08 Å². The summed E-state index contributed by atoms with van der Waals surface area (Å²) in [6, 6.07) is 13.8. The van der Waals surface area contributed by atoms with Gasteiger partial charge in [-0.25, -0.2) is 0 Å². The molecule has 0 aliphatic heterocycles. The summed E-state index contributed by atoms with van der Waals surface area (Å²) >= 11 is 8.73. The van der Waals surface area contributed by atoms with E-state index in [2.05, 4.69) is 15.9 Å². The minimum atomic E-state index is -0.514. The monoisotopic (exact) mass is 364 g/mol. The second-order valence-corrected chi connectivity index (χ2v) is 5.88. The molecule has 2 aromatic rings. The molecular weight excluding hydrogens is 352 g/mol. The van der Waals surface area contributed by atoms with Crippen molar-refractivity contribution in [2.45, 2.75) is 13.5 Å². The average Bonchev–Trinajstić information content (AvgIpc) is 2.45. The van der Waals surface area contributed by atoms with Crippen LogP contribution in [0.3, 0.4) is 0 Å². The van der Waals surface area contributed by atoms with E-state index >= 15 is 0 Å². The zero-order valence-corrected chi connectivity index (χ0v) is 13.8. The van der Waals surface area contributed by atoms with E-state index in [0.717, 1.165) is 15.6 Å². The number of hydrogen-bond acceptors (Lipinski definition) is 2. The average molecular weight is 366 g/mol. The number of rotatable bonds is 5. The van der Waals surface area contributed by atoms with Gasteiger partial charge in [-0.1, -0.05) is 45.8 Å². The summed E-state index contributed by atoms with van der Waals surface area (Å²) < 4.78 is 6.73. The van der Waals surface area contributed by atoms with Crippen molar-refractivity contribution in [2.75, 3.05) is 0 Å². The van der Waals surface area contributed by atoms with Crippen molar-refractivity contribution in [3.8, 4) is 5.75 Å². The fraction of sp³-hybridized carbons (Fsp3) is 0.118. The SMILES string of the molecule is Cc1ccc(COc2ccc(Br)cc2/C=C/C(=O)Cl)cc1. The highest BCUT2D eigenvalue weighted by molar-refractivity contribution is 9.10.